The minimum Gasteiger partial charge on any atom is -0.350 e. The highest BCUT2D eigenvalue weighted by atomic mass is 35.5. The zero-order valence-electron chi connectivity index (χ0n) is 7.92. The van der Waals surface area contributed by atoms with E-state index in [1.54, 1.807) is 25.1 Å². The summed E-state index contributed by atoms with van der Waals surface area (Å²) >= 11 is 11.6. The van der Waals surface area contributed by atoms with E-state index in [2.05, 4.69) is 10.5 Å². The van der Waals surface area contributed by atoms with E-state index < -0.39 is 6.03 Å². The van der Waals surface area contributed by atoms with E-state index in [0.29, 0.717) is 15.8 Å². The van der Waals surface area contributed by atoms with E-state index in [0.717, 1.165) is 5.56 Å². The van der Waals surface area contributed by atoms with Crippen LogP contribution in [0.15, 0.2) is 23.3 Å². The Labute approximate surface area is 97.0 Å². The summed E-state index contributed by atoms with van der Waals surface area (Å²) in [5.41, 5.74) is 8.35. The van der Waals surface area contributed by atoms with E-state index in [4.69, 9.17) is 28.9 Å². The maximum atomic E-state index is 10.4. The normalized spacial score (nSPS) is 11.3. The van der Waals surface area contributed by atoms with Gasteiger partial charge in [0.25, 0.3) is 0 Å². The summed E-state index contributed by atoms with van der Waals surface area (Å²) < 4.78 is 0. The molecular weight excluding hydrogens is 237 g/mol. The van der Waals surface area contributed by atoms with Crippen LogP contribution >= 0.6 is 23.2 Å². The molecule has 2 amide bonds. The minimum atomic E-state index is -0.714. The van der Waals surface area contributed by atoms with Crippen LogP contribution in [0.1, 0.15) is 12.5 Å². The van der Waals surface area contributed by atoms with Gasteiger partial charge in [-0.05, 0) is 24.6 Å². The molecule has 6 heteroatoms. The van der Waals surface area contributed by atoms with Gasteiger partial charge in [-0.2, -0.15) is 5.10 Å². The number of halogens is 2. The molecule has 1 aromatic rings. The van der Waals surface area contributed by atoms with Crippen LogP contribution in [0.5, 0.6) is 0 Å². The molecule has 0 spiro atoms. The SMILES string of the molecule is C/C(=N/NC(N)=O)c1ccc(Cl)c(Cl)c1. The predicted molar refractivity (Wildman–Crippen MR) is 61.4 cm³/mol. The van der Waals surface area contributed by atoms with Gasteiger partial charge in [-0.1, -0.05) is 29.3 Å². The van der Waals surface area contributed by atoms with Gasteiger partial charge in [0, 0.05) is 0 Å². The molecule has 15 heavy (non-hydrogen) atoms. The van der Waals surface area contributed by atoms with Crippen LogP contribution in [0.3, 0.4) is 0 Å². The number of rotatable bonds is 2. The average molecular weight is 246 g/mol. The van der Waals surface area contributed by atoms with Crippen LogP contribution in [0.2, 0.25) is 10.0 Å². The first-order valence-corrected chi connectivity index (χ1v) is 4.81. The van der Waals surface area contributed by atoms with E-state index in [1.807, 2.05) is 0 Å². The first kappa shape index (κ1) is 11.8. The maximum absolute atomic E-state index is 10.4. The lowest BCUT2D eigenvalue weighted by atomic mass is 10.1. The fourth-order valence-corrected chi connectivity index (χ4v) is 1.22. The van der Waals surface area contributed by atoms with Gasteiger partial charge in [0.2, 0.25) is 0 Å². The van der Waals surface area contributed by atoms with Crippen LogP contribution in [-0.4, -0.2) is 11.7 Å². The number of benzene rings is 1. The van der Waals surface area contributed by atoms with Gasteiger partial charge in [-0.3, -0.25) is 0 Å². The summed E-state index contributed by atoms with van der Waals surface area (Å²) in [7, 11) is 0. The summed E-state index contributed by atoms with van der Waals surface area (Å²) in [6.07, 6.45) is 0. The Bertz CT molecular complexity index is 418. The van der Waals surface area contributed by atoms with Crippen molar-refractivity contribution in [1.29, 1.82) is 0 Å². The lowest BCUT2D eigenvalue weighted by molar-refractivity contribution is 0.249. The molecule has 3 N–H and O–H groups in total. The zero-order chi connectivity index (χ0) is 11.4. The van der Waals surface area contributed by atoms with Crippen LogP contribution in [0.25, 0.3) is 0 Å². The van der Waals surface area contributed by atoms with Crippen LogP contribution in [0, 0.1) is 0 Å². The van der Waals surface area contributed by atoms with Crippen molar-refractivity contribution in [2.24, 2.45) is 10.8 Å². The van der Waals surface area contributed by atoms with Crippen LogP contribution in [-0.2, 0) is 0 Å². The van der Waals surface area contributed by atoms with Crippen molar-refractivity contribution in [1.82, 2.24) is 5.43 Å². The number of hydrogen-bond acceptors (Lipinski definition) is 2. The molecule has 4 nitrogen and oxygen atoms in total. The Balaban J connectivity index is 2.91. The van der Waals surface area contributed by atoms with Gasteiger partial charge in [-0.15, -0.1) is 0 Å². The molecule has 1 aromatic carbocycles. The number of nitrogens with two attached hydrogens (primary N) is 1. The molecule has 80 valence electrons. The average Bonchev–Trinajstić information content (AvgIpc) is 2.18. The van der Waals surface area contributed by atoms with E-state index in [9.17, 15) is 4.79 Å². The third-order valence-corrected chi connectivity index (χ3v) is 2.41. The minimum absolute atomic E-state index is 0.433. The largest absolute Gasteiger partial charge is 0.350 e. The second-order valence-corrected chi connectivity index (χ2v) is 3.62. The monoisotopic (exact) mass is 245 g/mol. The molecular formula is C9H9Cl2N3O. The number of urea groups is 1. The van der Waals surface area contributed by atoms with Gasteiger partial charge >= 0.3 is 6.03 Å². The first-order chi connectivity index (χ1) is 7.00. The summed E-state index contributed by atoms with van der Waals surface area (Å²) in [6.45, 7) is 1.72. The second-order valence-electron chi connectivity index (χ2n) is 2.80. The molecule has 1 rings (SSSR count). The van der Waals surface area contributed by atoms with Crippen molar-refractivity contribution in [3.63, 3.8) is 0 Å². The summed E-state index contributed by atoms with van der Waals surface area (Å²) in [4.78, 5) is 10.4. The quantitative estimate of drug-likeness (QED) is 0.610. The molecule has 0 aliphatic rings. The zero-order valence-corrected chi connectivity index (χ0v) is 9.43. The van der Waals surface area contributed by atoms with Crippen molar-refractivity contribution >= 4 is 34.9 Å². The number of carbonyl (C=O) groups is 1. The highest BCUT2D eigenvalue weighted by molar-refractivity contribution is 6.42. The van der Waals surface area contributed by atoms with E-state index >= 15 is 0 Å². The van der Waals surface area contributed by atoms with Gasteiger partial charge in [0.1, 0.15) is 0 Å². The van der Waals surface area contributed by atoms with E-state index in [1.165, 1.54) is 0 Å². The summed E-state index contributed by atoms with van der Waals surface area (Å²) in [5, 5.41) is 4.66. The Morgan fingerprint density at radius 1 is 1.40 bits per heavy atom. The lowest BCUT2D eigenvalue weighted by Gasteiger charge is -2.02. The number of nitrogens with zero attached hydrogens (tertiary/aromatic N) is 1. The fourth-order valence-electron chi connectivity index (χ4n) is 0.925. The maximum Gasteiger partial charge on any atom is 0.332 e. The Hall–Kier alpha value is -1.26. The van der Waals surface area contributed by atoms with Gasteiger partial charge < -0.3 is 5.73 Å². The smallest absolute Gasteiger partial charge is 0.332 e. The summed E-state index contributed by atoms with van der Waals surface area (Å²) in [6, 6.07) is 4.35. The molecule has 0 saturated heterocycles. The van der Waals surface area contributed by atoms with Crippen molar-refractivity contribution in [2.75, 3.05) is 0 Å². The van der Waals surface area contributed by atoms with Crippen molar-refractivity contribution < 1.29 is 4.79 Å². The van der Waals surface area contributed by atoms with Crippen LogP contribution in [0.4, 0.5) is 4.79 Å². The molecule has 0 aliphatic carbocycles. The lowest BCUT2D eigenvalue weighted by Crippen LogP contribution is -2.25. The second kappa shape index (κ2) is 5.00. The molecule has 0 aliphatic heterocycles. The van der Waals surface area contributed by atoms with Gasteiger partial charge in [0.05, 0.1) is 15.8 Å². The molecule has 0 unspecified atom stereocenters. The topological polar surface area (TPSA) is 67.5 Å². The third-order valence-electron chi connectivity index (χ3n) is 1.67. The standard InChI is InChI=1S/C9H9Cl2N3O/c1-5(13-14-9(12)15)6-2-3-7(10)8(11)4-6/h2-4H,1H3,(H3,12,14,15)/b13-5-. The molecule has 0 bridgehead atoms. The molecule has 0 fully saturated rings. The molecule has 0 saturated carbocycles. The van der Waals surface area contributed by atoms with E-state index in [-0.39, 0.29) is 0 Å². The Kier molecular flexibility index (Phi) is 3.94. The number of primary amides is 1. The molecule has 0 atom stereocenters. The highest BCUT2D eigenvalue weighted by Crippen LogP contribution is 2.22. The number of hydrazone groups is 1. The summed E-state index contributed by atoms with van der Waals surface area (Å²) in [5.74, 6) is 0. The molecule has 0 aromatic heterocycles. The number of hydrogen-bond donors (Lipinski definition) is 2. The van der Waals surface area contributed by atoms with Crippen molar-refractivity contribution in [3.8, 4) is 0 Å². The van der Waals surface area contributed by atoms with Crippen molar-refractivity contribution in [2.45, 2.75) is 6.92 Å². The Morgan fingerprint density at radius 2 is 2.07 bits per heavy atom. The Morgan fingerprint density at radius 3 is 2.60 bits per heavy atom. The number of nitrogens with one attached hydrogen (secondary N) is 1. The highest BCUT2D eigenvalue weighted by Gasteiger charge is 2.02. The first-order valence-electron chi connectivity index (χ1n) is 4.06. The number of amides is 2. The van der Waals surface area contributed by atoms with Crippen molar-refractivity contribution in [3.05, 3.63) is 33.8 Å². The van der Waals surface area contributed by atoms with Gasteiger partial charge in [-0.25, -0.2) is 10.2 Å². The molecule has 0 radical (unpaired) electrons. The number of carbonyl (C=O) groups excluding carboxylic acids is 1. The molecule has 0 heterocycles. The predicted octanol–water partition coefficient (Wildman–Crippen LogP) is 2.39. The van der Waals surface area contributed by atoms with Gasteiger partial charge in [0.15, 0.2) is 0 Å². The van der Waals surface area contributed by atoms with Crippen LogP contribution < -0.4 is 11.2 Å². The third kappa shape index (κ3) is 3.42. The fraction of sp³-hybridized carbons (Fsp3) is 0.111.